The Morgan fingerprint density at radius 1 is 1.64 bits per heavy atom. The number of nitriles is 1. The second-order valence-electron chi connectivity index (χ2n) is 2.21. The quantitative estimate of drug-likeness (QED) is 0.732. The van der Waals surface area contributed by atoms with E-state index >= 15 is 0 Å². The summed E-state index contributed by atoms with van der Waals surface area (Å²) in [6.45, 7) is 0. The van der Waals surface area contributed by atoms with Gasteiger partial charge in [-0.1, -0.05) is 15.9 Å². The van der Waals surface area contributed by atoms with Crippen LogP contribution in [0.1, 0.15) is 16.9 Å². The van der Waals surface area contributed by atoms with Gasteiger partial charge in [0.1, 0.15) is 0 Å². The molecule has 11 heavy (non-hydrogen) atoms. The number of thiophene rings is 1. The second kappa shape index (κ2) is 4.53. The molecule has 0 radical (unpaired) electrons. The Kier molecular flexibility index (Phi) is 3.61. The van der Waals surface area contributed by atoms with Gasteiger partial charge in [0.25, 0.3) is 0 Å². The van der Waals surface area contributed by atoms with Crippen molar-refractivity contribution in [2.75, 3.05) is 5.33 Å². The Morgan fingerprint density at radius 3 is 3.00 bits per heavy atom. The summed E-state index contributed by atoms with van der Waals surface area (Å²) in [5, 5.41) is 11.5. The highest BCUT2D eigenvalue weighted by Crippen LogP contribution is 2.15. The first-order valence-electron chi connectivity index (χ1n) is 3.40. The maximum atomic E-state index is 8.52. The molecule has 0 bridgehead atoms. The summed E-state index contributed by atoms with van der Waals surface area (Å²) in [5.41, 5.74) is 0.791. The van der Waals surface area contributed by atoms with Crippen molar-refractivity contribution < 1.29 is 0 Å². The Bertz CT molecular complexity index is 261. The van der Waals surface area contributed by atoms with Gasteiger partial charge in [0.05, 0.1) is 11.6 Å². The fourth-order valence-electron chi connectivity index (χ4n) is 0.811. The van der Waals surface area contributed by atoms with Crippen LogP contribution in [0, 0.1) is 11.3 Å². The van der Waals surface area contributed by atoms with Crippen LogP contribution in [0.3, 0.4) is 0 Å². The zero-order valence-electron chi connectivity index (χ0n) is 6.01. The normalized spacial score (nSPS) is 9.45. The van der Waals surface area contributed by atoms with Gasteiger partial charge in [-0.25, -0.2) is 0 Å². The maximum absolute atomic E-state index is 8.52. The van der Waals surface area contributed by atoms with E-state index in [9.17, 15) is 0 Å². The average Bonchev–Trinajstić information content (AvgIpc) is 2.48. The van der Waals surface area contributed by atoms with Gasteiger partial charge >= 0.3 is 0 Å². The number of aryl methyl sites for hydroxylation is 1. The van der Waals surface area contributed by atoms with Crippen LogP contribution in [0.2, 0.25) is 0 Å². The summed E-state index contributed by atoms with van der Waals surface area (Å²) in [4.78, 5) is 1.31. The summed E-state index contributed by atoms with van der Waals surface area (Å²) in [6.07, 6.45) is 2.23. The van der Waals surface area contributed by atoms with Gasteiger partial charge in [0.15, 0.2) is 0 Å². The highest BCUT2D eigenvalue weighted by molar-refractivity contribution is 9.09. The largest absolute Gasteiger partial charge is 0.192 e. The van der Waals surface area contributed by atoms with E-state index in [1.165, 1.54) is 4.88 Å². The van der Waals surface area contributed by atoms with Crippen molar-refractivity contribution in [3.05, 3.63) is 21.9 Å². The summed E-state index contributed by atoms with van der Waals surface area (Å²) in [6, 6.07) is 4.09. The molecule has 0 N–H and O–H groups in total. The third-order valence-electron chi connectivity index (χ3n) is 1.34. The molecule has 0 saturated carbocycles. The fraction of sp³-hybridized carbons (Fsp3) is 0.375. The predicted octanol–water partition coefficient (Wildman–Crippen LogP) is 2.95. The molecule has 0 unspecified atom stereocenters. The molecule has 3 heteroatoms. The van der Waals surface area contributed by atoms with Crippen molar-refractivity contribution in [2.45, 2.75) is 12.8 Å². The summed E-state index contributed by atoms with van der Waals surface area (Å²) >= 11 is 5.04. The molecule has 0 aliphatic rings. The monoisotopic (exact) mass is 229 g/mol. The molecule has 0 atom stereocenters. The van der Waals surface area contributed by atoms with E-state index in [0.717, 1.165) is 23.7 Å². The van der Waals surface area contributed by atoms with Gasteiger partial charge in [-0.05, 0) is 18.9 Å². The highest BCUT2D eigenvalue weighted by atomic mass is 79.9. The molecule has 0 aliphatic carbocycles. The lowest BCUT2D eigenvalue weighted by molar-refractivity contribution is 0.959. The number of hydrogen-bond acceptors (Lipinski definition) is 2. The minimum atomic E-state index is 0.791. The molecule has 0 aliphatic heterocycles. The molecule has 0 fully saturated rings. The Balaban J connectivity index is 2.53. The van der Waals surface area contributed by atoms with E-state index in [1.807, 2.05) is 11.4 Å². The van der Waals surface area contributed by atoms with Crippen molar-refractivity contribution in [2.24, 2.45) is 0 Å². The average molecular weight is 230 g/mol. The lowest BCUT2D eigenvalue weighted by Gasteiger charge is -1.89. The SMILES string of the molecule is N#Cc1csc(CCCBr)c1. The van der Waals surface area contributed by atoms with E-state index in [4.69, 9.17) is 5.26 Å². The standard InChI is InChI=1S/C8H8BrNS/c9-3-1-2-8-4-7(5-10)6-11-8/h4,6H,1-3H2. The number of alkyl halides is 1. The van der Waals surface area contributed by atoms with Gasteiger partial charge < -0.3 is 0 Å². The number of nitrogens with zero attached hydrogens (tertiary/aromatic N) is 1. The Hall–Kier alpha value is -0.330. The smallest absolute Gasteiger partial charge is 0.1000 e. The Morgan fingerprint density at radius 2 is 2.45 bits per heavy atom. The molecule has 58 valence electrons. The van der Waals surface area contributed by atoms with Crippen LogP contribution < -0.4 is 0 Å². The minimum Gasteiger partial charge on any atom is -0.192 e. The Labute approximate surface area is 78.8 Å². The number of hydrogen-bond donors (Lipinski definition) is 0. The third kappa shape index (κ3) is 2.64. The second-order valence-corrected chi connectivity index (χ2v) is 3.99. The van der Waals surface area contributed by atoms with Crippen LogP contribution in [0.15, 0.2) is 11.4 Å². The predicted molar refractivity (Wildman–Crippen MR) is 51.1 cm³/mol. The van der Waals surface area contributed by atoms with E-state index < -0.39 is 0 Å². The molecule has 0 saturated heterocycles. The molecule has 0 amide bonds. The summed E-state index contributed by atoms with van der Waals surface area (Å²) in [5.74, 6) is 0. The van der Waals surface area contributed by atoms with Crippen LogP contribution >= 0.6 is 27.3 Å². The van der Waals surface area contributed by atoms with Crippen molar-refractivity contribution >= 4 is 27.3 Å². The molecule has 0 aromatic carbocycles. The third-order valence-corrected chi connectivity index (χ3v) is 2.90. The van der Waals surface area contributed by atoms with Gasteiger partial charge in [-0.15, -0.1) is 11.3 Å². The minimum absolute atomic E-state index is 0.791. The van der Waals surface area contributed by atoms with Crippen molar-refractivity contribution in [3.63, 3.8) is 0 Å². The first kappa shape index (κ1) is 8.76. The van der Waals surface area contributed by atoms with Gasteiger partial charge in [-0.3, -0.25) is 0 Å². The summed E-state index contributed by atoms with van der Waals surface area (Å²) in [7, 11) is 0. The zero-order chi connectivity index (χ0) is 8.10. The zero-order valence-corrected chi connectivity index (χ0v) is 8.41. The topological polar surface area (TPSA) is 23.8 Å². The lowest BCUT2D eigenvalue weighted by Crippen LogP contribution is -1.79. The molecule has 1 rings (SSSR count). The van der Waals surface area contributed by atoms with E-state index in [-0.39, 0.29) is 0 Å². The molecular weight excluding hydrogens is 222 g/mol. The van der Waals surface area contributed by atoms with Crippen LogP contribution in [-0.2, 0) is 6.42 Å². The van der Waals surface area contributed by atoms with Crippen LogP contribution in [-0.4, -0.2) is 5.33 Å². The molecule has 0 spiro atoms. The first-order valence-corrected chi connectivity index (χ1v) is 5.40. The van der Waals surface area contributed by atoms with Gasteiger partial charge in [-0.2, -0.15) is 5.26 Å². The van der Waals surface area contributed by atoms with Gasteiger partial charge in [0, 0.05) is 15.6 Å². The van der Waals surface area contributed by atoms with Crippen LogP contribution in [0.25, 0.3) is 0 Å². The molecule has 1 nitrogen and oxygen atoms in total. The lowest BCUT2D eigenvalue weighted by atomic mass is 10.2. The first-order chi connectivity index (χ1) is 5.36. The van der Waals surface area contributed by atoms with E-state index in [0.29, 0.717) is 0 Å². The molecular formula is C8H8BrNS. The van der Waals surface area contributed by atoms with Crippen LogP contribution in [0.4, 0.5) is 0 Å². The van der Waals surface area contributed by atoms with Crippen molar-refractivity contribution in [1.29, 1.82) is 5.26 Å². The summed E-state index contributed by atoms with van der Waals surface area (Å²) < 4.78 is 0. The maximum Gasteiger partial charge on any atom is 0.1000 e. The van der Waals surface area contributed by atoms with E-state index in [1.54, 1.807) is 11.3 Å². The molecule has 1 heterocycles. The number of rotatable bonds is 3. The number of halogens is 1. The van der Waals surface area contributed by atoms with E-state index in [2.05, 4.69) is 22.0 Å². The van der Waals surface area contributed by atoms with Crippen molar-refractivity contribution in [1.82, 2.24) is 0 Å². The fourth-order valence-corrected chi connectivity index (χ4v) is 1.95. The van der Waals surface area contributed by atoms with Gasteiger partial charge in [0.2, 0.25) is 0 Å². The van der Waals surface area contributed by atoms with Crippen molar-refractivity contribution in [3.8, 4) is 6.07 Å². The highest BCUT2D eigenvalue weighted by Gasteiger charge is 1.97. The molecule has 1 aromatic heterocycles. The van der Waals surface area contributed by atoms with Crippen LogP contribution in [0.5, 0.6) is 0 Å². The molecule has 1 aromatic rings.